The van der Waals surface area contributed by atoms with Crippen LogP contribution in [0.2, 0.25) is 0 Å². The summed E-state index contributed by atoms with van der Waals surface area (Å²) in [6.45, 7) is 2.63. The molecule has 3 rings (SSSR count). The first-order chi connectivity index (χ1) is 10.4. The second kappa shape index (κ2) is 6.05. The monoisotopic (exact) mass is 341 g/mol. The zero-order valence-corrected chi connectivity index (χ0v) is 14.3. The van der Waals surface area contributed by atoms with Gasteiger partial charge in [-0.1, -0.05) is 4.49 Å². The van der Waals surface area contributed by atoms with Crippen molar-refractivity contribution < 1.29 is 8.42 Å². The summed E-state index contributed by atoms with van der Waals surface area (Å²) in [7, 11) is -1.27. The van der Waals surface area contributed by atoms with E-state index in [9.17, 15) is 8.42 Å². The Bertz CT molecular complexity index is 752. The van der Waals surface area contributed by atoms with Gasteiger partial charge < -0.3 is 4.57 Å². The smallest absolute Gasteiger partial charge is 0.188 e. The van der Waals surface area contributed by atoms with Gasteiger partial charge in [-0.05, 0) is 19.4 Å². The maximum absolute atomic E-state index is 11.8. The van der Waals surface area contributed by atoms with Crippen LogP contribution in [-0.2, 0) is 23.4 Å². The summed E-state index contributed by atoms with van der Waals surface area (Å²) < 4.78 is 29.9. The molecule has 0 amide bonds. The quantitative estimate of drug-likeness (QED) is 0.827. The molecule has 0 spiro atoms. The molecular weight excluding hydrogens is 322 g/mol. The van der Waals surface area contributed by atoms with Crippen molar-refractivity contribution in [3.63, 3.8) is 0 Å². The fourth-order valence-corrected chi connectivity index (χ4v) is 4.62. The van der Waals surface area contributed by atoms with Crippen molar-refractivity contribution in [2.24, 2.45) is 7.05 Å². The summed E-state index contributed by atoms with van der Waals surface area (Å²) in [6.07, 6.45) is 6.87. The molecule has 7 nitrogen and oxygen atoms in total. The third-order valence-corrected chi connectivity index (χ3v) is 6.57. The number of hydrogen-bond donors (Lipinski definition) is 0. The third-order valence-electron chi connectivity index (χ3n) is 4.01. The van der Waals surface area contributed by atoms with Crippen LogP contribution in [0, 0.1) is 0 Å². The molecule has 0 radical (unpaired) electrons. The number of imidazole rings is 1. The molecule has 120 valence electrons. The van der Waals surface area contributed by atoms with Crippen molar-refractivity contribution in [1.82, 2.24) is 24.0 Å². The topological polar surface area (TPSA) is 81.0 Å². The molecule has 22 heavy (non-hydrogen) atoms. The molecule has 0 saturated carbocycles. The van der Waals surface area contributed by atoms with Gasteiger partial charge in [0.05, 0.1) is 17.7 Å². The summed E-state index contributed by atoms with van der Waals surface area (Å²) in [4.78, 5) is 6.47. The molecule has 1 saturated heterocycles. The van der Waals surface area contributed by atoms with E-state index in [1.165, 1.54) is 6.26 Å². The van der Waals surface area contributed by atoms with E-state index in [0.717, 1.165) is 49.7 Å². The number of likely N-dealkylation sites (tertiary alicyclic amines) is 1. The highest BCUT2D eigenvalue weighted by molar-refractivity contribution is 7.92. The van der Waals surface area contributed by atoms with E-state index in [4.69, 9.17) is 0 Å². The Balaban J connectivity index is 1.76. The van der Waals surface area contributed by atoms with Crippen LogP contribution in [0.5, 0.6) is 0 Å². The van der Waals surface area contributed by atoms with E-state index in [-0.39, 0.29) is 5.92 Å². The SMILES string of the molecule is Cn1cncc1CN1CCC[C@@H](c2nnsc2S(C)(=O)=O)C1. The van der Waals surface area contributed by atoms with E-state index in [2.05, 4.69) is 19.5 Å². The van der Waals surface area contributed by atoms with Gasteiger partial charge in [0.15, 0.2) is 14.0 Å². The first-order valence-corrected chi connectivity index (χ1v) is 9.81. The molecule has 0 aliphatic carbocycles. The van der Waals surface area contributed by atoms with Crippen molar-refractivity contribution >= 4 is 21.4 Å². The van der Waals surface area contributed by atoms with E-state index < -0.39 is 9.84 Å². The predicted octanol–water partition coefficient (Wildman–Crippen LogP) is 1.05. The Hall–Kier alpha value is -1.32. The minimum absolute atomic E-state index is 0.130. The number of sulfone groups is 1. The van der Waals surface area contributed by atoms with Gasteiger partial charge in [0.25, 0.3) is 0 Å². The normalized spacial score (nSPS) is 20.4. The molecule has 3 heterocycles. The molecule has 1 fully saturated rings. The van der Waals surface area contributed by atoms with E-state index >= 15 is 0 Å². The van der Waals surface area contributed by atoms with Crippen molar-refractivity contribution in [2.45, 2.75) is 29.5 Å². The van der Waals surface area contributed by atoms with Crippen LogP contribution in [0.4, 0.5) is 0 Å². The lowest BCUT2D eigenvalue weighted by Gasteiger charge is -2.31. The number of rotatable bonds is 4. The average Bonchev–Trinajstić information content (AvgIpc) is 3.08. The van der Waals surface area contributed by atoms with Gasteiger partial charge in [-0.25, -0.2) is 13.4 Å². The van der Waals surface area contributed by atoms with Gasteiger partial charge >= 0.3 is 0 Å². The van der Waals surface area contributed by atoms with E-state index in [1.54, 1.807) is 6.33 Å². The maximum atomic E-state index is 11.8. The van der Waals surface area contributed by atoms with Crippen molar-refractivity contribution in [3.8, 4) is 0 Å². The standard InChI is InChI=1S/C13H19N5O2S2/c1-17-9-14-6-11(17)8-18-5-3-4-10(7-18)12-13(21-16-15-12)22(2,19)20/h6,9-10H,3-5,7-8H2,1-2H3/t10-/m1/s1. The third kappa shape index (κ3) is 3.21. The van der Waals surface area contributed by atoms with Crippen LogP contribution in [0.3, 0.4) is 0 Å². The zero-order valence-electron chi connectivity index (χ0n) is 12.6. The lowest BCUT2D eigenvalue weighted by Crippen LogP contribution is -2.34. The molecule has 1 aliphatic rings. The summed E-state index contributed by atoms with van der Waals surface area (Å²) >= 11 is 0.977. The second-order valence-corrected chi connectivity index (χ2v) is 8.75. The van der Waals surface area contributed by atoms with Crippen LogP contribution < -0.4 is 0 Å². The predicted molar refractivity (Wildman–Crippen MR) is 83.5 cm³/mol. The van der Waals surface area contributed by atoms with Crippen LogP contribution >= 0.6 is 11.5 Å². The molecule has 1 aliphatic heterocycles. The summed E-state index contributed by atoms with van der Waals surface area (Å²) in [5, 5.41) is 4.10. The fourth-order valence-electron chi connectivity index (χ4n) is 2.88. The minimum atomic E-state index is -3.25. The Morgan fingerprint density at radius 3 is 2.95 bits per heavy atom. The zero-order chi connectivity index (χ0) is 15.7. The molecule has 0 N–H and O–H groups in total. The van der Waals surface area contributed by atoms with Gasteiger partial charge in [-0.3, -0.25) is 4.90 Å². The fraction of sp³-hybridized carbons (Fsp3) is 0.615. The molecular formula is C13H19N5O2S2. The number of nitrogens with zero attached hydrogens (tertiary/aromatic N) is 5. The van der Waals surface area contributed by atoms with Gasteiger partial charge in [0.2, 0.25) is 0 Å². The average molecular weight is 341 g/mol. The van der Waals surface area contributed by atoms with Crippen LogP contribution in [0.15, 0.2) is 16.7 Å². The van der Waals surface area contributed by atoms with Gasteiger partial charge in [0.1, 0.15) is 0 Å². The Morgan fingerprint density at radius 2 is 2.27 bits per heavy atom. The molecule has 1 atom stereocenters. The lowest BCUT2D eigenvalue weighted by atomic mass is 9.95. The maximum Gasteiger partial charge on any atom is 0.188 e. The molecule has 9 heteroatoms. The Kier molecular flexibility index (Phi) is 4.28. The summed E-state index contributed by atoms with van der Waals surface area (Å²) in [6, 6.07) is 0. The molecule has 0 unspecified atom stereocenters. The first kappa shape index (κ1) is 15.6. The highest BCUT2D eigenvalue weighted by atomic mass is 32.2. The molecule has 2 aromatic heterocycles. The van der Waals surface area contributed by atoms with Crippen molar-refractivity contribution in [1.29, 1.82) is 0 Å². The van der Waals surface area contributed by atoms with Gasteiger partial charge in [0, 0.05) is 50.0 Å². The van der Waals surface area contributed by atoms with Gasteiger partial charge in [-0.2, -0.15) is 0 Å². The number of aromatic nitrogens is 4. The first-order valence-electron chi connectivity index (χ1n) is 7.15. The van der Waals surface area contributed by atoms with Gasteiger partial charge in [-0.15, -0.1) is 5.10 Å². The summed E-state index contributed by atoms with van der Waals surface area (Å²) in [5.74, 6) is 0.130. The van der Waals surface area contributed by atoms with E-state index in [0.29, 0.717) is 9.90 Å². The highest BCUT2D eigenvalue weighted by Gasteiger charge is 2.29. The number of aryl methyl sites for hydroxylation is 1. The second-order valence-electron chi connectivity index (χ2n) is 5.79. The van der Waals surface area contributed by atoms with Crippen LogP contribution in [-0.4, -0.2) is 51.8 Å². The molecule has 2 aromatic rings. The van der Waals surface area contributed by atoms with E-state index in [1.807, 2.05) is 17.8 Å². The van der Waals surface area contributed by atoms with Crippen LogP contribution in [0.1, 0.15) is 30.1 Å². The molecule has 0 aromatic carbocycles. The largest absolute Gasteiger partial charge is 0.337 e. The number of hydrogen-bond acceptors (Lipinski definition) is 7. The Morgan fingerprint density at radius 1 is 1.45 bits per heavy atom. The highest BCUT2D eigenvalue weighted by Crippen LogP contribution is 2.32. The summed E-state index contributed by atoms with van der Waals surface area (Å²) in [5.41, 5.74) is 1.79. The lowest BCUT2D eigenvalue weighted by molar-refractivity contribution is 0.194. The number of piperidine rings is 1. The minimum Gasteiger partial charge on any atom is -0.337 e. The van der Waals surface area contributed by atoms with Crippen molar-refractivity contribution in [3.05, 3.63) is 23.9 Å². The van der Waals surface area contributed by atoms with Crippen molar-refractivity contribution in [2.75, 3.05) is 19.3 Å². The van der Waals surface area contributed by atoms with Crippen LogP contribution in [0.25, 0.3) is 0 Å². The Labute approximate surface area is 134 Å². The molecule has 0 bridgehead atoms.